The molecule has 0 spiro atoms. The van der Waals surface area contributed by atoms with Gasteiger partial charge in [-0.3, -0.25) is 0 Å². The van der Waals surface area contributed by atoms with Gasteiger partial charge >= 0.3 is 0 Å². The first-order valence-electron chi connectivity index (χ1n) is 0. The van der Waals surface area contributed by atoms with Crippen molar-refractivity contribution < 1.29 is 0 Å². The van der Waals surface area contributed by atoms with Crippen LogP contribution < -0.4 is 0 Å². The highest BCUT2D eigenvalue weighted by atomic mass is 127. The molecule has 0 aromatic heterocycles. The molecule has 0 rings (SSSR count). The van der Waals surface area contributed by atoms with E-state index < -0.39 is 0 Å². The van der Waals surface area contributed by atoms with Crippen molar-refractivity contribution in [3.8, 4) is 0 Å². The summed E-state index contributed by atoms with van der Waals surface area (Å²) in [5.41, 5.74) is 0. The van der Waals surface area contributed by atoms with E-state index in [1.165, 1.54) is 0 Å². The highest BCUT2D eigenvalue weighted by molar-refractivity contribution is 14.0. The quantitative estimate of drug-likeness (QED) is 0.258. The number of hydrogen-bond acceptors (Lipinski definition) is 0. The van der Waals surface area contributed by atoms with Gasteiger partial charge < -0.3 is 0 Å². The van der Waals surface area contributed by atoms with Gasteiger partial charge in [0.05, 0.1) is 0 Å². The molecule has 0 bridgehead atoms. The SMILES string of the molecule is I.I.I.I.I.I.I.I.[SiH4]. The van der Waals surface area contributed by atoms with Gasteiger partial charge in [-0.15, -0.1) is 192 Å². The lowest BCUT2D eigenvalue weighted by atomic mass is 28.1. The van der Waals surface area contributed by atoms with Crippen molar-refractivity contribution >= 4 is 203 Å². The maximum atomic E-state index is 0. The molecule has 0 aromatic rings. The van der Waals surface area contributed by atoms with Crippen LogP contribution in [0.4, 0.5) is 0 Å². The summed E-state index contributed by atoms with van der Waals surface area (Å²) in [6, 6.07) is 0. The number of hydrogen-bond donors (Lipinski definition) is 0. The van der Waals surface area contributed by atoms with Gasteiger partial charge in [0.15, 0.2) is 0 Å². The lowest BCUT2D eigenvalue weighted by Gasteiger charge is -0.108. The van der Waals surface area contributed by atoms with Gasteiger partial charge in [0.1, 0.15) is 0 Å². The van der Waals surface area contributed by atoms with Gasteiger partial charge in [0.2, 0.25) is 0 Å². The van der Waals surface area contributed by atoms with Crippen LogP contribution in [0.3, 0.4) is 0 Å². The van der Waals surface area contributed by atoms with Gasteiger partial charge in [-0.2, -0.15) is 0 Å². The molecule has 0 saturated carbocycles. The van der Waals surface area contributed by atoms with Gasteiger partial charge in [-0.1, -0.05) is 0 Å². The zero-order valence-electron chi connectivity index (χ0n) is 3.27. The summed E-state index contributed by atoms with van der Waals surface area (Å²) in [5, 5.41) is 0. The molecule has 0 saturated heterocycles. The first kappa shape index (κ1) is 81.1. The van der Waals surface area contributed by atoms with Crippen LogP contribution in [0.25, 0.3) is 0 Å². The Labute approximate surface area is 197 Å². The minimum absolute atomic E-state index is 0. The third-order valence-electron chi connectivity index (χ3n) is 0. The fourth-order valence-electron chi connectivity index (χ4n) is 0. The topological polar surface area (TPSA) is 0 Å². The van der Waals surface area contributed by atoms with Crippen LogP contribution in [-0.4, -0.2) is 11.0 Å². The molecule has 0 aliphatic carbocycles. The second kappa shape index (κ2) is 65.3. The normalized spacial score (nSPS) is 0. The van der Waals surface area contributed by atoms with Crippen molar-refractivity contribution in [1.29, 1.82) is 0 Å². The predicted octanol–water partition coefficient (Wildman–Crippen LogP) is 3.49. The highest BCUT2D eigenvalue weighted by Gasteiger charge is -0.0148. The van der Waals surface area contributed by atoms with Crippen molar-refractivity contribution in [3.63, 3.8) is 0 Å². The first-order valence-corrected chi connectivity index (χ1v) is 0. The van der Waals surface area contributed by atoms with Crippen LogP contribution in [0.1, 0.15) is 0 Å². The number of rotatable bonds is 0. The maximum Gasteiger partial charge on any atom is -0.0149 e. The molecule has 0 unspecified atom stereocenters. The van der Waals surface area contributed by atoms with Crippen molar-refractivity contribution in [2.45, 2.75) is 0 Å². The second-order valence-corrected chi connectivity index (χ2v) is 0. The molecule has 0 N–H and O–H groups in total. The first-order chi connectivity index (χ1) is 0. The summed E-state index contributed by atoms with van der Waals surface area (Å²) in [6.07, 6.45) is 0. The van der Waals surface area contributed by atoms with Crippen molar-refractivity contribution in [2.75, 3.05) is 0 Å². The molecule has 0 aliphatic rings. The van der Waals surface area contributed by atoms with Crippen LogP contribution in [0, 0.1) is 0 Å². The average Bonchev–Trinajstić information content (AvgIpc) is 0. The maximum absolute atomic E-state index is 0. The predicted molar refractivity (Wildman–Crippen MR) is 135 cm³/mol. The van der Waals surface area contributed by atoms with E-state index in [0.29, 0.717) is 0 Å². The largest absolute Gasteiger partial charge is 0.107 e. The summed E-state index contributed by atoms with van der Waals surface area (Å²) < 4.78 is 0. The minimum Gasteiger partial charge on any atom is -0.107 e. The standard InChI is InChI=1S/8HI.H4Si/h8*1H;1H4. The third-order valence-corrected chi connectivity index (χ3v) is 0. The van der Waals surface area contributed by atoms with Crippen molar-refractivity contribution in [1.82, 2.24) is 0 Å². The summed E-state index contributed by atoms with van der Waals surface area (Å²) in [4.78, 5) is 0. The summed E-state index contributed by atoms with van der Waals surface area (Å²) in [5.74, 6) is 0. The Balaban J connectivity index is 0. The Morgan fingerprint density at radius 1 is 0.222 bits per heavy atom. The number of halogens is 8. The third kappa shape index (κ3) is 55.7. The van der Waals surface area contributed by atoms with Crippen LogP contribution >= 0.6 is 192 Å². The van der Waals surface area contributed by atoms with E-state index in [4.69, 9.17) is 0 Å². The molecule has 0 atom stereocenters. The van der Waals surface area contributed by atoms with E-state index in [9.17, 15) is 0 Å². The smallest absolute Gasteiger partial charge is 0.0149 e. The molecule has 0 radical (unpaired) electrons. The molecule has 0 nitrogen and oxygen atoms in total. The molecule has 0 amide bonds. The van der Waals surface area contributed by atoms with Gasteiger partial charge in [-0.05, 0) is 11.0 Å². The molecule has 0 heterocycles. The Morgan fingerprint density at radius 2 is 0.222 bits per heavy atom. The summed E-state index contributed by atoms with van der Waals surface area (Å²) >= 11 is 0. The van der Waals surface area contributed by atoms with E-state index >= 15 is 0 Å². The fourth-order valence-corrected chi connectivity index (χ4v) is 0. The fraction of sp³-hybridized carbons (Fsp3) is 0. The van der Waals surface area contributed by atoms with Crippen LogP contribution in [0.15, 0.2) is 0 Å². The minimum atomic E-state index is 0. The molecule has 72 valence electrons. The Bertz CT molecular complexity index is 4.53. The lowest BCUT2D eigenvalue weighted by Crippen LogP contribution is -0.381. The molecule has 0 fully saturated rings. The van der Waals surface area contributed by atoms with E-state index in [2.05, 4.69) is 0 Å². The van der Waals surface area contributed by atoms with E-state index in [-0.39, 0.29) is 203 Å². The van der Waals surface area contributed by atoms with Crippen LogP contribution in [0.5, 0.6) is 0 Å². The van der Waals surface area contributed by atoms with E-state index in [1.54, 1.807) is 0 Å². The van der Waals surface area contributed by atoms with Crippen LogP contribution in [0.2, 0.25) is 0 Å². The molecule has 9 heteroatoms. The second-order valence-electron chi connectivity index (χ2n) is 0. The zero-order chi connectivity index (χ0) is 0. The zero-order valence-corrected chi connectivity index (χ0v) is 21.9. The van der Waals surface area contributed by atoms with Gasteiger partial charge in [0, 0.05) is 0 Å². The van der Waals surface area contributed by atoms with E-state index in [0.717, 1.165) is 0 Å². The molecule has 0 aliphatic heterocycles. The monoisotopic (exact) mass is 1060 g/mol. The van der Waals surface area contributed by atoms with E-state index in [1.807, 2.05) is 0 Å². The Kier molecular flexibility index (Phi) is 589. The highest BCUT2D eigenvalue weighted by Crippen LogP contribution is 0.893. The molecular formula is H12I8Si. The summed E-state index contributed by atoms with van der Waals surface area (Å²) in [7, 11) is 0. The van der Waals surface area contributed by atoms with Crippen LogP contribution in [-0.2, 0) is 0 Å². The molecule has 9 heavy (non-hydrogen) atoms. The molecule has 0 aromatic carbocycles. The lowest BCUT2D eigenvalue weighted by molar-refractivity contribution is 5.75. The average molecular weight is 1060 g/mol. The molecular weight excluding hydrogens is 1040 g/mol. The Hall–Kier alpha value is 6.06. The Morgan fingerprint density at radius 3 is 0.222 bits per heavy atom. The van der Waals surface area contributed by atoms with Gasteiger partial charge in [-0.25, -0.2) is 0 Å². The summed E-state index contributed by atoms with van der Waals surface area (Å²) in [6.45, 7) is 0. The van der Waals surface area contributed by atoms with Crippen molar-refractivity contribution in [2.24, 2.45) is 0 Å². The van der Waals surface area contributed by atoms with Gasteiger partial charge in [0.25, 0.3) is 0 Å². The van der Waals surface area contributed by atoms with Crippen molar-refractivity contribution in [3.05, 3.63) is 0 Å².